The number of amides is 1. The van der Waals surface area contributed by atoms with E-state index < -0.39 is 0 Å². The largest absolute Gasteiger partial charge is 0.335 e. The SMILES string of the molecule is CC(C)n1nc(CC(=O)N2CCCC[C@@H]2c2cccnc2)c2ccccc2c1=O. The van der Waals surface area contributed by atoms with Gasteiger partial charge in [0.15, 0.2) is 0 Å². The van der Waals surface area contributed by atoms with Gasteiger partial charge in [0, 0.05) is 24.3 Å². The first kappa shape index (κ1) is 19.3. The Morgan fingerprint density at radius 2 is 1.93 bits per heavy atom. The Morgan fingerprint density at radius 3 is 2.66 bits per heavy atom. The highest BCUT2D eigenvalue weighted by Crippen LogP contribution is 2.31. The van der Waals surface area contributed by atoms with Crippen LogP contribution in [-0.4, -0.2) is 32.1 Å². The molecule has 150 valence electrons. The van der Waals surface area contributed by atoms with Crippen LogP contribution in [0.3, 0.4) is 0 Å². The van der Waals surface area contributed by atoms with Gasteiger partial charge < -0.3 is 4.90 Å². The zero-order chi connectivity index (χ0) is 20.4. The summed E-state index contributed by atoms with van der Waals surface area (Å²) in [4.78, 5) is 32.3. The van der Waals surface area contributed by atoms with Crippen LogP contribution >= 0.6 is 0 Å². The van der Waals surface area contributed by atoms with Gasteiger partial charge in [0.25, 0.3) is 5.56 Å². The molecule has 0 N–H and O–H groups in total. The molecular weight excluding hydrogens is 364 g/mol. The summed E-state index contributed by atoms with van der Waals surface area (Å²) in [6.07, 6.45) is 6.83. The molecule has 29 heavy (non-hydrogen) atoms. The van der Waals surface area contributed by atoms with E-state index in [0.29, 0.717) is 11.1 Å². The van der Waals surface area contributed by atoms with Crippen LogP contribution in [0.25, 0.3) is 10.8 Å². The van der Waals surface area contributed by atoms with Gasteiger partial charge >= 0.3 is 0 Å². The molecule has 6 nitrogen and oxygen atoms in total. The highest BCUT2D eigenvalue weighted by molar-refractivity contribution is 5.88. The molecule has 0 aliphatic carbocycles. The van der Waals surface area contributed by atoms with Crippen molar-refractivity contribution in [2.75, 3.05) is 6.54 Å². The van der Waals surface area contributed by atoms with E-state index in [4.69, 9.17) is 0 Å². The summed E-state index contributed by atoms with van der Waals surface area (Å²) in [5, 5.41) is 5.95. The van der Waals surface area contributed by atoms with Crippen molar-refractivity contribution in [2.45, 2.75) is 51.6 Å². The fourth-order valence-electron chi connectivity index (χ4n) is 4.15. The van der Waals surface area contributed by atoms with E-state index in [-0.39, 0.29) is 30.0 Å². The van der Waals surface area contributed by atoms with Crippen molar-refractivity contribution in [3.8, 4) is 0 Å². The van der Waals surface area contributed by atoms with Gasteiger partial charge in [-0.2, -0.15) is 5.10 Å². The topological polar surface area (TPSA) is 68.1 Å². The van der Waals surface area contributed by atoms with Gasteiger partial charge in [-0.3, -0.25) is 14.6 Å². The highest BCUT2D eigenvalue weighted by Gasteiger charge is 2.29. The van der Waals surface area contributed by atoms with Crippen molar-refractivity contribution in [1.29, 1.82) is 0 Å². The lowest BCUT2D eigenvalue weighted by atomic mass is 9.95. The van der Waals surface area contributed by atoms with Crippen LogP contribution in [0.15, 0.2) is 53.6 Å². The van der Waals surface area contributed by atoms with Crippen LogP contribution in [0.2, 0.25) is 0 Å². The van der Waals surface area contributed by atoms with E-state index >= 15 is 0 Å². The molecule has 0 spiro atoms. The summed E-state index contributed by atoms with van der Waals surface area (Å²) >= 11 is 0. The average molecular weight is 390 g/mol. The summed E-state index contributed by atoms with van der Waals surface area (Å²) in [6, 6.07) is 11.4. The minimum absolute atomic E-state index is 0.0464. The fraction of sp³-hybridized carbons (Fsp3) is 0.391. The van der Waals surface area contributed by atoms with E-state index in [1.165, 1.54) is 4.68 Å². The van der Waals surface area contributed by atoms with Gasteiger partial charge in [0.1, 0.15) is 0 Å². The van der Waals surface area contributed by atoms with Gasteiger partial charge in [-0.25, -0.2) is 4.68 Å². The molecule has 1 saturated heterocycles. The van der Waals surface area contributed by atoms with Crippen molar-refractivity contribution in [3.05, 3.63) is 70.4 Å². The molecule has 1 amide bonds. The normalized spacial score (nSPS) is 17.1. The van der Waals surface area contributed by atoms with E-state index in [1.807, 2.05) is 61.3 Å². The van der Waals surface area contributed by atoms with Gasteiger partial charge in [-0.15, -0.1) is 0 Å². The number of piperidine rings is 1. The third-order valence-corrected chi connectivity index (χ3v) is 5.61. The van der Waals surface area contributed by atoms with E-state index in [9.17, 15) is 9.59 Å². The lowest BCUT2D eigenvalue weighted by Gasteiger charge is -2.36. The van der Waals surface area contributed by atoms with Crippen LogP contribution in [0.4, 0.5) is 0 Å². The summed E-state index contributed by atoms with van der Waals surface area (Å²) < 4.78 is 1.49. The fourth-order valence-corrected chi connectivity index (χ4v) is 4.15. The number of likely N-dealkylation sites (tertiary alicyclic amines) is 1. The zero-order valence-electron chi connectivity index (χ0n) is 16.9. The van der Waals surface area contributed by atoms with Crippen molar-refractivity contribution >= 4 is 16.7 Å². The third kappa shape index (κ3) is 3.79. The Balaban J connectivity index is 1.70. The maximum absolute atomic E-state index is 13.3. The molecule has 1 aliphatic heterocycles. The molecular formula is C23H26N4O2. The second kappa shape index (κ2) is 8.15. The smallest absolute Gasteiger partial charge is 0.274 e. The Labute approximate surface area is 170 Å². The van der Waals surface area contributed by atoms with Crippen LogP contribution < -0.4 is 5.56 Å². The van der Waals surface area contributed by atoms with Gasteiger partial charge in [0.2, 0.25) is 5.91 Å². The lowest BCUT2D eigenvalue weighted by molar-refractivity contribution is -0.134. The summed E-state index contributed by atoms with van der Waals surface area (Å²) in [5.74, 6) is 0.0464. The van der Waals surface area contributed by atoms with E-state index in [1.54, 1.807) is 6.20 Å². The first-order valence-corrected chi connectivity index (χ1v) is 10.3. The number of carbonyl (C=O) groups is 1. The number of hydrogen-bond acceptors (Lipinski definition) is 4. The number of carbonyl (C=O) groups excluding carboxylic acids is 1. The Morgan fingerprint density at radius 1 is 1.14 bits per heavy atom. The molecule has 0 radical (unpaired) electrons. The molecule has 3 heterocycles. The summed E-state index contributed by atoms with van der Waals surface area (Å²) in [7, 11) is 0. The third-order valence-electron chi connectivity index (χ3n) is 5.61. The zero-order valence-corrected chi connectivity index (χ0v) is 16.9. The summed E-state index contributed by atoms with van der Waals surface area (Å²) in [6.45, 7) is 4.59. The molecule has 0 saturated carbocycles. The van der Waals surface area contributed by atoms with Crippen LogP contribution in [-0.2, 0) is 11.2 Å². The monoisotopic (exact) mass is 390 g/mol. The molecule has 6 heteroatoms. The molecule has 1 aromatic carbocycles. The van der Waals surface area contributed by atoms with Crippen LogP contribution in [0.1, 0.15) is 56.5 Å². The van der Waals surface area contributed by atoms with Gasteiger partial charge in [-0.1, -0.05) is 24.3 Å². The maximum atomic E-state index is 13.3. The molecule has 1 fully saturated rings. The molecule has 4 rings (SSSR count). The molecule has 3 aromatic rings. The molecule has 2 aromatic heterocycles. The standard InChI is InChI=1S/C23H26N4O2/c1-16(2)27-23(29)19-10-4-3-9-18(19)20(25-27)14-22(28)26-13-6-5-11-21(26)17-8-7-12-24-15-17/h3-4,7-10,12,15-16,21H,5-6,11,13-14H2,1-2H3/t21-/m1/s1. The predicted octanol–water partition coefficient (Wildman–Crippen LogP) is 3.67. The van der Waals surface area contributed by atoms with Gasteiger partial charge in [-0.05, 0) is 50.8 Å². The van der Waals surface area contributed by atoms with Crippen molar-refractivity contribution in [2.24, 2.45) is 0 Å². The molecule has 0 bridgehead atoms. The van der Waals surface area contributed by atoms with Crippen LogP contribution in [0.5, 0.6) is 0 Å². The number of aromatic nitrogens is 3. The van der Waals surface area contributed by atoms with E-state index in [0.717, 1.165) is 36.8 Å². The average Bonchev–Trinajstić information content (AvgIpc) is 2.76. The second-order valence-corrected chi connectivity index (χ2v) is 7.90. The maximum Gasteiger partial charge on any atom is 0.274 e. The first-order chi connectivity index (χ1) is 14.1. The predicted molar refractivity (Wildman–Crippen MR) is 113 cm³/mol. The number of benzene rings is 1. The first-order valence-electron chi connectivity index (χ1n) is 10.3. The molecule has 1 atom stereocenters. The number of hydrogen-bond donors (Lipinski definition) is 0. The lowest BCUT2D eigenvalue weighted by Crippen LogP contribution is -2.40. The number of nitrogens with zero attached hydrogens (tertiary/aromatic N) is 4. The van der Waals surface area contributed by atoms with Crippen molar-refractivity contribution in [1.82, 2.24) is 19.7 Å². The molecule has 0 unspecified atom stereocenters. The van der Waals surface area contributed by atoms with Crippen molar-refractivity contribution in [3.63, 3.8) is 0 Å². The summed E-state index contributed by atoms with van der Waals surface area (Å²) in [5.41, 5.74) is 1.62. The minimum Gasteiger partial charge on any atom is -0.335 e. The quantitative estimate of drug-likeness (QED) is 0.682. The second-order valence-electron chi connectivity index (χ2n) is 7.90. The van der Waals surface area contributed by atoms with E-state index in [2.05, 4.69) is 10.1 Å². The Kier molecular flexibility index (Phi) is 5.43. The van der Waals surface area contributed by atoms with Crippen molar-refractivity contribution < 1.29 is 4.79 Å². The highest BCUT2D eigenvalue weighted by atomic mass is 16.2. The molecule has 1 aliphatic rings. The number of pyridine rings is 1. The Hall–Kier alpha value is -3.02. The Bertz CT molecular complexity index is 1080. The minimum atomic E-state index is -0.113. The van der Waals surface area contributed by atoms with Gasteiger partial charge in [0.05, 0.1) is 29.6 Å². The van der Waals surface area contributed by atoms with Crippen LogP contribution in [0, 0.1) is 0 Å². The number of rotatable bonds is 4. The number of fused-ring (bicyclic) bond motifs is 1.